The average molecular weight is 456 g/mol. The van der Waals surface area contributed by atoms with Gasteiger partial charge in [-0.25, -0.2) is 0 Å². The second-order valence-electron chi connectivity index (χ2n) is 7.20. The summed E-state index contributed by atoms with van der Waals surface area (Å²) < 4.78 is 0.244. The number of carboxylic acid groups (broad SMARTS) is 2. The van der Waals surface area contributed by atoms with Gasteiger partial charge in [-0.1, -0.05) is 74.1 Å². The van der Waals surface area contributed by atoms with E-state index in [4.69, 9.17) is 46.4 Å². The Morgan fingerprint density at radius 3 is 1.12 bits per heavy atom. The van der Waals surface area contributed by atoms with Crippen molar-refractivity contribution >= 4 is 96.1 Å². The molecule has 0 amide bonds. The van der Waals surface area contributed by atoms with Gasteiger partial charge in [-0.2, -0.15) is 0 Å². The number of hydrogen-bond donors (Lipinski definition) is 0. The molecule has 0 radical (unpaired) electrons. The van der Waals surface area contributed by atoms with Gasteiger partial charge in [0.15, 0.2) is 0 Å². The molecule has 0 aliphatic heterocycles. The molecule has 2 rings (SSSR count). The van der Waals surface area contributed by atoms with Crippen LogP contribution in [0.5, 0.6) is 0 Å². The molecule has 2 aliphatic rings. The third-order valence-corrected chi connectivity index (χ3v) is 5.44. The van der Waals surface area contributed by atoms with Crippen molar-refractivity contribution < 1.29 is 19.8 Å². The molecule has 9 heteroatoms. The number of carboxylic acids is 2. The van der Waals surface area contributed by atoms with E-state index in [-0.39, 0.29) is 69.4 Å². The Balaban J connectivity index is 0.000000443. The number of hydrogen-bond acceptors (Lipinski definition) is 4. The number of aliphatic carboxylic acids is 2. The molecule has 4 unspecified atom stereocenters. The predicted octanol–water partition coefficient (Wildman–Crippen LogP) is 2.27. The van der Waals surface area contributed by atoms with Crippen molar-refractivity contribution in [1.82, 2.24) is 0 Å². The maximum atomic E-state index is 10.5. The SMILES string of the molecule is CC1(C)C(C=C(Cl)Cl)C1C(=O)[O-].CC1(C)C(C=C(Cl)Cl)C1C(=O)[O-].[Ca+2]. The minimum atomic E-state index is -1.03. The van der Waals surface area contributed by atoms with Crippen LogP contribution in [-0.4, -0.2) is 49.7 Å². The fourth-order valence-corrected chi connectivity index (χ4v) is 3.69. The quantitative estimate of drug-likeness (QED) is 0.609. The molecule has 0 heterocycles. The van der Waals surface area contributed by atoms with Gasteiger partial charge in [0.05, 0.1) is 0 Å². The first-order valence-corrected chi connectivity index (χ1v) is 8.73. The van der Waals surface area contributed by atoms with Crippen molar-refractivity contribution in [2.75, 3.05) is 0 Å². The van der Waals surface area contributed by atoms with Gasteiger partial charge in [-0.3, -0.25) is 0 Å². The predicted molar refractivity (Wildman–Crippen MR) is 96.9 cm³/mol. The molecular weight excluding hydrogens is 438 g/mol. The van der Waals surface area contributed by atoms with Crippen LogP contribution in [0.3, 0.4) is 0 Å². The molecule has 0 bridgehead atoms. The summed E-state index contributed by atoms with van der Waals surface area (Å²) in [5.74, 6) is -3.15. The van der Waals surface area contributed by atoms with E-state index in [1.165, 1.54) is 0 Å². The molecule has 0 saturated heterocycles. The van der Waals surface area contributed by atoms with E-state index < -0.39 is 23.8 Å². The zero-order chi connectivity index (χ0) is 19.0. The zero-order valence-electron chi connectivity index (χ0n) is 14.3. The fourth-order valence-electron chi connectivity index (χ4n) is 3.15. The summed E-state index contributed by atoms with van der Waals surface area (Å²) in [7, 11) is 0. The normalized spacial score (nSPS) is 29.8. The van der Waals surface area contributed by atoms with Crippen LogP contribution in [0, 0.1) is 34.5 Å². The Bertz CT molecular complexity index is 541. The zero-order valence-corrected chi connectivity index (χ0v) is 19.5. The Labute approximate surface area is 197 Å². The molecule has 2 fully saturated rings. The van der Waals surface area contributed by atoms with Crippen molar-refractivity contribution in [2.24, 2.45) is 34.5 Å². The maximum absolute atomic E-state index is 10.5. The second-order valence-corrected chi connectivity index (χ2v) is 9.22. The summed E-state index contributed by atoms with van der Waals surface area (Å²) in [6.07, 6.45) is 3.12. The molecule has 2 saturated carbocycles. The molecule has 0 N–H and O–H groups in total. The van der Waals surface area contributed by atoms with Crippen LogP contribution in [0.2, 0.25) is 0 Å². The molecule has 0 spiro atoms. The Hall–Kier alpha value is 0.840. The van der Waals surface area contributed by atoms with Crippen molar-refractivity contribution in [3.8, 4) is 0 Å². The van der Waals surface area contributed by atoms with Crippen LogP contribution < -0.4 is 10.2 Å². The van der Waals surface area contributed by atoms with Gasteiger partial charge in [-0.05, 0) is 34.8 Å². The number of carbonyl (C=O) groups excluding carboxylic acids is 2. The molecule has 4 nitrogen and oxygen atoms in total. The third kappa shape index (κ3) is 6.44. The first-order valence-electron chi connectivity index (χ1n) is 7.22. The van der Waals surface area contributed by atoms with Crippen molar-refractivity contribution in [1.29, 1.82) is 0 Å². The van der Waals surface area contributed by atoms with E-state index in [2.05, 4.69) is 0 Å². The number of rotatable bonds is 4. The molecule has 0 aromatic heterocycles. The topological polar surface area (TPSA) is 80.3 Å². The monoisotopic (exact) mass is 454 g/mol. The third-order valence-electron chi connectivity index (χ3n) is 4.94. The van der Waals surface area contributed by atoms with Gasteiger partial charge in [0, 0.05) is 23.8 Å². The van der Waals surface area contributed by atoms with Gasteiger partial charge in [0.25, 0.3) is 0 Å². The van der Waals surface area contributed by atoms with Gasteiger partial charge < -0.3 is 19.8 Å². The number of halogens is 4. The van der Waals surface area contributed by atoms with E-state index >= 15 is 0 Å². The molecular formula is C16H18CaCl4O4. The van der Waals surface area contributed by atoms with Gasteiger partial charge in [0.1, 0.15) is 8.98 Å². The van der Waals surface area contributed by atoms with Crippen LogP contribution in [0.1, 0.15) is 27.7 Å². The summed E-state index contributed by atoms with van der Waals surface area (Å²) >= 11 is 21.7. The number of allylic oxidation sites excluding steroid dienone is 2. The second kappa shape index (κ2) is 9.36. The van der Waals surface area contributed by atoms with Crippen molar-refractivity contribution in [3.05, 3.63) is 21.1 Å². The fraction of sp³-hybridized carbons (Fsp3) is 0.625. The minimum Gasteiger partial charge on any atom is -0.550 e. The summed E-state index contributed by atoms with van der Waals surface area (Å²) in [5, 5.41) is 21.1. The van der Waals surface area contributed by atoms with E-state index in [9.17, 15) is 19.8 Å². The Morgan fingerprint density at radius 2 is 1.00 bits per heavy atom. The van der Waals surface area contributed by atoms with Crippen LogP contribution >= 0.6 is 46.4 Å². The molecule has 0 aromatic carbocycles. The molecule has 136 valence electrons. The standard InChI is InChI=1S/2C8H10Cl2O2.Ca/c2*1-8(2)4(3-5(9)10)6(8)7(11)12;/h2*3-4,6H,1-2H3,(H,11,12);/q;;+2/p-2. The maximum Gasteiger partial charge on any atom is 2.00 e. The smallest absolute Gasteiger partial charge is 0.550 e. The van der Waals surface area contributed by atoms with Crippen LogP contribution in [0.4, 0.5) is 0 Å². The average Bonchev–Trinajstić information content (AvgIpc) is 3.08. The summed E-state index contributed by atoms with van der Waals surface area (Å²) in [6, 6.07) is 0. The van der Waals surface area contributed by atoms with E-state index in [1.807, 2.05) is 27.7 Å². The van der Waals surface area contributed by atoms with E-state index in [0.717, 1.165) is 0 Å². The minimum absolute atomic E-state index is 0. The Morgan fingerprint density at radius 1 is 0.760 bits per heavy atom. The summed E-state index contributed by atoms with van der Waals surface area (Å²) in [5.41, 5.74) is -0.540. The first kappa shape index (κ1) is 25.8. The molecule has 4 atom stereocenters. The van der Waals surface area contributed by atoms with E-state index in [0.29, 0.717) is 0 Å². The van der Waals surface area contributed by atoms with Crippen LogP contribution in [-0.2, 0) is 9.59 Å². The molecule has 25 heavy (non-hydrogen) atoms. The summed E-state index contributed by atoms with van der Waals surface area (Å²) in [4.78, 5) is 21.1. The molecule has 2 aliphatic carbocycles. The largest absolute Gasteiger partial charge is 2.00 e. The van der Waals surface area contributed by atoms with Crippen LogP contribution in [0.25, 0.3) is 0 Å². The first-order chi connectivity index (χ1) is 10.7. The van der Waals surface area contributed by atoms with Gasteiger partial charge in [-0.15, -0.1) is 0 Å². The van der Waals surface area contributed by atoms with E-state index in [1.54, 1.807) is 12.2 Å². The van der Waals surface area contributed by atoms with Crippen molar-refractivity contribution in [2.45, 2.75) is 27.7 Å². The Kier molecular flexibility index (Phi) is 9.67. The summed E-state index contributed by atoms with van der Waals surface area (Å²) in [6.45, 7) is 7.41. The van der Waals surface area contributed by atoms with Crippen LogP contribution in [0.15, 0.2) is 21.1 Å². The number of carbonyl (C=O) groups is 2. The van der Waals surface area contributed by atoms with Gasteiger partial charge in [0.2, 0.25) is 0 Å². The van der Waals surface area contributed by atoms with Crippen molar-refractivity contribution in [3.63, 3.8) is 0 Å². The molecule has 0 aromatic rings. The van der Waals surface area contributed by atoms with Gasteiger partial charge >= 0.3 is 37.7 Å².